The molecule has 0 atom stereocenters. The van der Waals surface area contributed by atoms with Crippen LogP contribution in [0.2, 0.25) is 10.0 Å². The first-order chi connectivity index (χ1) is 9.38. The Bertz CT molecular complexity index is 674. The molecule has 4 nitrogen and oxygen atoms in total. The number of hydrogen-bond acceptors (Lipinski definition) is 3. The fraction of sp³-hybridized carbons (Fsp3) is 0.0769. The van der Waals surface area contributed by atoms with Gasteiger partial charge in [-0.05, 0) is 31.2 Å². The summed E-state index contributed by atoms with van der Waals surface area (Å²) in [5, 5.41) is 11.6. The summed E-state index contributed by atoms with van der Waals surface area (Å²) in [6, 6.07) is 6.01. The van der Waals surface area contributed by atoms with E-state index < -0.39 is 5.97 Å². The average molecular weight is 330 g/mol. The molecule has 7 heteroatoms. The monoisotopic (exact) mass is 329 g/mol. The van der Waals surface area contributed by atoms with Crippen molar-refractivity contribution < 1.29 is 14.7 Å². The third-order valence-corrected chi connectivity index (χ3v) is 4.09. The van der Waals surface area contributed by atoms with Crippen LogP contribution in [0.5, 0.6) is 0 Å². The van der Waals surface area contributed by atoms with E-state index in [-0.39, 0.29) is 27.2 Å². The number of carboxylic acids is 1. The molecule has 0 fully saturated rings. The highest BCUT2D eigenvalue weighted by Crippen LogP contribution is 2.32. The third kappa shape index (κ3) is 3.12. The molecule has 1 aromatic heterocycles. The fourth-order valence-electron chi connectivity index (χ4n) is 1.55. The fourth-order valence-corrected chi connectivity index (χ4v) is 2.89. The maximum atomic E-state index is 12.0. The van der Waals surface area contributed by atoms with Gasteiger partial charge in [-0.15, -0.1) is 11.3 Å². The van der Waals surface area contributed by atoms with Gasteiger partial charge in [-0.1, -0.05) is 23.2 Å². The first kappa shape index (κ1) is 14.8. The van der Waals surface area contributed by atoms with Crippen molar-refractivity contribution in [1.82, 2.24) is 0 Å². The lowest BCUT2D eigenvalue weighted by Crippen LogP contribution is -2.11. The molecule has 0 unspecified atom stereocenters. The van der Waals surface area contributed by atoms with Gasteiger partial charge in [0.25, 0.3) is 5.91 Å². The van der Waals surface area contributed by atoms with Crippen molar-refractivity contribution >= 4 is 52.1 Å². The molecule has 0 radical (unpaired) electrons. The number of thiophene rings is 1. The number of aryl methyl sites for hydroxylation is 1. The smallest absolute Gasteiger partial charge is 0.335 e. The predicted octanol–water partition coefficient (Wildman–Crippen LogP) is 4.31. The quantitative estimate of drug-likeness (QED) is 0.881. The predicted molar refractivity (Wildman–Crippen MR) is 80.4 cm³/mol. The molecule has 0 bridgehead atoms. The number of rotatable bonds is 3. The minimum Gasteiger partial charge on any atom is -0.478 e. The molecular weight excluding hydrogens is 321 g/mol. The van der Waals surface area contributed by atoms with Gasteiger partial charge in [-0.25, -0.2) is 4.79 Å². The molecule has 0 saturated heterocycles. The summed E-state index contributed by atoms with van der Waals surface area (Å²) < 4.78 is 0. The maximum Gasteiger partial charge on any atom is 0.335 e. The number of carbonyl (C=O) groups excluding carboxylic acids is 1. The number of amides is 1. The van der Waals surface area contributed by atoms with Crippen molar-refractivity contribution in [3.63, 3.8) is 0 Å². The zero-order valence-electron chi connectivity index (χ0n) is 10.2. The van der Waals surface area contributed by atoms with Gasteiger partial charge in [0.15, 0.2) is 0 Å². The van der Waals surface area contributed by atoms with Gasteiger partial charge in [-0.3, -0.25) is 4.79 Å². The van der Waals surface area contributed by atoms with Crippen LogP contribution in [0.25, 0.3) is 0 Å². The van der Waals surface area contributed by atoms with E-state index >= 15 is 0 Å². The van der Waals surface area contributed by atoms with E-state index in [1.807, 2.05) is 13.0 Å². The van der Waals surface area contributed by atoms with Crippen LogP contribution in [-0.2, 0) is 0 Å². The Morgan fingerprint density at radius 1 is 1.20 bits per heavy atom. The summed E-state index contributed by atoms with van der Waals surface area (Å²) in [6.07, 6.45) is 0. The summed E-state index contributed by atoms with van der Waals surface area (Å²) in [5.41, 5.74) is 0.166. The lowest BCUT2D eigenvalue weighted by Gasteiger charge is -2.09. The lowest BCUT2D eigenvalue weighted by atomic mass is 10.2. The number of hydrogen-bond donors (Lipinski definition) is 2. The van der Waals surface area contributed by atoms with Crippen molar-refractivity contribution in [3.8, 4) is 0 Å². The van der Waals surface area contributed by atoms with Crippen LogP contribution < -0.4 is 5.32 Å². The number of aromatic carboxylic acids is 1. The third-order valence-electron chi connectivity index (χ3n) is 2.49. The Balaban J connectivity index is 2.30. The van der Waals surface area contributed by atoms with Gasteiger partial charge >= 0.3 is 5.97 Å². The number of carbonyl (C=O) groups is 2. The van der Waals surface area contributed by atoms with Crippen LogP contribution >= 0.6 is 34.5 Å². The highest BCUT2D eigenvalue weighted by atomic mass is 35.5. The van der Waals surface area contributed by atoms with Gasteiger partial charge in [-0.2, -0.15) is 0 Å². The molecule has 1 heterocycles. The highest BCUT2D eigenvalue weighted by molar-refractivity contribution is 7.14. The Morgan fingerprint density at radius 2 is 1.80 bits per heavy atom. The Hall–Kier alpha value is -1.56. The Morgan fingerprint density at radius 3 is 2.25 bits per heavy atom. The van der Waals surface area contributed by atoms with E-state index in [2.05, 4.69) is 5.32 Å². The van der Waals surface area contributed by atoms with E-state index in [1.54, 1.807) is 6.07 Å². The summed E-state index contributed by atoms with van der Waals surface area (Å²) in [7, 11) is 0. The summed E-state index contributed by atoms with van der Waals surface area (Å²) in [4.78, 5) is 24.4. The second-order valence-corrected chi connectivity index (χ2v) is 6.09. The molecule has 2 rings (SSSR count). The second-order valence-electron chi connectivity index (χ2n) is 3.98. The van der Waals surface area contributed by atoms with Gasteiger partial charge in [0, 0.05) is 4.88 Å². The molecule has 0 aliphatic heterocycles. The molecule has 1 amide bonds. The number of nitrogens with one attached hydrogen (secondary N) is 1. The first-order valence-corrected chi connectivity index (χ1v) is 7.06. The minimum atomic E-state index is -1.14. The Labute approximate surface area is 128 Å². The molecule has 0 spiro atoms. The van der Waals surface area contributed by atoms with Gasteiger partial charge < -0.3 is 10.4 Å². The highest BCUT2D eigenvalue weighted by Gasteiger charge is 2.16. The molecule has 0 aliphatic carbocycles. The van der Waals surface area contributed by atoms with Crippen molar-refractivity contribution in [2.45, 2.75) is 6.92 Å². The normalized spacial score (nSPS) is 10.3. The largest absolute Gasteiger partial charge is 0.478 e. The summed E-state index contributed by atoms with van der Waals surface area (Å²) in [5.74, 6) is -1.48. The zero-order chi connectivity index (χ0) is 14.9. The van der Waals surface area contributed by atoms with E-state index in [1.165, 1.54) is 23.5 Å². The van der Waals surface area contributed by atoms with E-state index in [4.69, 9.17) is 28.3 Å². The number of anilines is 1. The lowest BCUT2D eigenvalue weighted by molar-refractivity contribution is 0.0696. The van der Waals surface area contributed by atoms with Crippen LogP contribution in [0.4, 0.5) is 5.69 Å². The molecule has 2 aromatic rings. The number of benzene rings is 1. The summed E-state index contributed by atoms with van der Waals surface area (Å²) >= 11 is 13.3. The van der Waals surface area contributed by atoms with E-state index in [0.717, 1.165) is 4.88 Å². The van der Waals surface area contributed by atoms with Crippen molar-refractivity contribution in [2.24, 2.45) is 0 Å². The molecule has 2 N–H and O–H groups in total. The molecule has 20 heavy (non-hydrogen) atoms. The summed E-state index contributed by atoms with van der Waals surface area (Å²) in [6.45, 7) is 1.89. The zero-order valence-corrected chi connectivity index (χ0v) is 12.6. The number of halogens is 2. The van der Waals surface area contributed by atoms with Crippen molar-refractivity contribution in [3.05, 3.63) is 49.6 Å². The molecule has 104 valence electrons. The molecule has 0 saturated carbocycles. The van der Waals surface area contributed by atoms with Crippen molar-refractivity contribution in [2.75, 3.05) is 5.32 Å². The molecular formula is C13H9Cl2NO3S. The topological polar surface area (TPSA) is 66.4 Å². The van der Waals surface area contributed by atoms with Crippen LogP contribution in [-0.4, -0.2) is 17.0 Å². The van der Waals surface area contributed by atoms with Crippen LogP contribution in [0, 0.1) is 6.92 Å². The molecule has 1 aromatic carbocycles. The van der Waals surface area contributed by atoms with E-state index in [0.29, 0.717) is 4.88 Å². The van der Waals surface area contributed by atoms with Crippen LogP contribution in [0.3, 0.4) is 0 Å². The van der Waals surface area contributed by atoms with E-state index in [9.17, 15) is 9.59 Å². The second kappa shape index (κ2) is 5.83. The van der Waals surface area contributed by atoms with Crippen LogP contribution in [0.1, 0.15) is 24.9 Å². The first-order valence-electron chi connectivity index (χ1n) is 5.48. The van der Waals surface area contributed by atoms with Crippen LogP contribution in [0.15, 0.2) is 24.3 Å². The number of carboxylic acid groups (broad SMARTS) is 1. The standard InChI is InChI=1S/C13H9Cl2NO3S/c1-6-2-3-10(20-6)12(17)16-11-8(14)4-7(13(18)19)5-9(11)15/h2-5H,1H3,(H,16,17)(H,18,19). The molecule has 0 aliphatic rings. The SMILES string of the molecule is Cc1ccc(C(=O)Nc2c(Cl)cc(C(=O)O)cc2Cl)s1. The van der Waals surface area contributed by atoms with Gasteiger partial charge in [0.1, 0.15) is 0 Å². The van der Waals surface area contributed by atoms with Gasteiger partial charge in [0.05, 0.1) is 26.2 Å². The maximum absolute atomic E-state index is 12.0. The van der Waals surface area contributed by atoms with Gasteiger partial charge in [0.2, 0.25) is 0 Å². The average Bonchev–Trinajstić information content (AvgIpc) is 2.80. The Kier molecular flexibility index (Phi) is 4.32. The minimum absolute atomic E-state index is 0.0371. The van der Waals surface area contributed by atoms with Crippen molar-refractivity contribution in [1.29, 1.82) is 0 Å².